The molecular weight excluding hydrogens is 268 g/mol. The number of benzene rings is 1. The average Bonchev–Trinajstić information content (AvgIpc) is 2.87. The van der Waals surface area contributed by atoms with Crippen LogP contribution in [0.25, 0.3) is 10.9 Å². The molecule has 2 N–H and O–H groups in total. The van der Waals surface area contributed by atoms with E-state index in [1.807, 2.05) is 18.2 Å². The fourth-order valence-corrected chi connectivity index (χ4v) is 2.77. The second-order valence-corrected chi connectivity index (χ2v) is 5.53. The summed E-state index contributed by atoms with van der Waals surface area (Å²) in [5, 5.41) is 6.44. The third kappa shape index (κ3) is 2.93. The van der Waals surface area contributed by atoms with Crippen molar-refractivity contribution in [1.29, 1.82) is 0 Å². The number of fused-ring (bicyclic) bond motifs is 1. The maximum Gasteiger partial charge on any atom is 0.223 e. The van der Waals surface area contributed by atoms with Gasteiger partial charge in [-0.3, -0.25) is 0 Å². The molecule has 1 aromatic carbocycles. The van der Waals surface area contributed by atoms with Crippen molar-refractivity contribution in [1.82, 2.24) is 15.0 Å². The number of para-hydroxylation sites is 1. The Morgan fingerprint density at radius 1 is 1.25 bits per heavy atom. The van der Waals surface area contributed by atoms with Crippen LogP contribution in [-0.4, -0.2) is 21.5 Å². The van der Waals surface area contributed by atoms with Crippen molar-refractivity contribution in [2.75, 3.05) is 11.9 Å². The Labute approximate surface area is 122 Å². The smallest absolute Gasteiger partial charge is 0.223 e. The molecule has 0 bridgehead atoms. The van der Waals surface area contributed by atoms with Crippen molar-refractivity contribution in [3.8, 4) is 0 Å². The number of hydrogen-bond donors (Lipinski definition) is 2. The Bertz CT molecular complexity index is 675. The van der Waals surface area contributed by atoms with E-state index in [0.29, 0.717) is 5.95 Å². The molecule has 0 spiro atoms. The number of aromatic amines is 1. The Morgan fingerprint density at radius 3 is 3.00 bits per heavy atom. The Hall–Kier alpha value is -2.01. The fourth-order valence-electron chi connectivity index (χ4n) is 1.94. The van der Waals surface area contributed by atoms with Gasteiger partial charge < -0.3 is 10.3 Å². The van der Waals surface area contributed by atoms with Crippen LogP contribution in [0.5, 0.6) is 0 Å². The van der Waals surface area contributed by atoms with Crippen molar-refractivity contribution in [2.45, 2.75) is 23.4 Å². The van der Waals surface area contributed by atoms with Crippen molar-refractivity contribution in [2.24, 2.45) is 0 Å². The molecular formula is C15H16N4S. The van der Waals surface area contributed by atoms with Gasteiger partial charge in [-0.1, -0.05) is 36.9 Å². The van der Waals surface area contributed by atoms with Gasteiger partial charge in [0.25, 0.3) is 0 Å². The minimum absolute atomic E-state index is 0.688. The summed E-state index contributed by atoms with van der Waals surface area (Å²) in [6.45, 7) is 3.01. The van der Waals surface area contributed by atoms with Gasteiger partial charge in [-0.05, 0) is 24.6 Å². The maximum atomic E-state index is 4.50. The van der Waals surface area contributed by atoms with Gasteiger partial charge in [-0.15, -0.1) is 0 Å². The summed E-state index contributed by atoms with van der Waals surface area (Å²) in [4.78, 5) is 12.1. The van der Waals surface area contributed by atoms with Gasteiger partial charge >= 0.3 is 0 Å². The molecule has 3 aromatic rings. The molecule has 2 heterocycles. The van der Waals surface area contributed by atoms with Crippen molar-refractivity contribution in [3.63, 3.8) is 0 Å². The molecule has 20 heavy (non-hydrogen) atoms. The number of anilines is 1. The fraction of sp³-hybridized carbons (Fsp3) is 0.200. The van der Waals surface area contributed by atoms with Gasteiger partial charge in [-0.2, -0.15) is 0 Å². The minimum Gasteiger partial charge on any atom is -0.354 e. The topological polar surface area (TPSA) is 53.6 Å². The predicted molar refractivity (Wildman–Crippen MR) is 83.2 cm³/mol. The largest absolute Gasteiger partial charge is 0.354 e. The first-order chi connectivity index (χ1) is 9.85. The van der Waals surface area contributed by atoms with Crippen LogP contribution in [0.2, 0.25) is 0 Å². The van der Waals surface area contributed by atoms with Crippen LogP contribution in [0.1, 0.15) is 13.3 Å². The summed E-state index contributed by atoms with van der Waals surface area (Å²) >= 11 is 1.61. The molecule has 0 saturated carbocycles. The lowest BCUT2D eigenvalue weighted by molar-refractivity contribution is 0.935. The van der Waals surface area contributed by atoms with Crippen LogP contribution >= 0.6 is 11.8 Å². The van der Waals surface area contributed by atoms with Crippen LogP contribution in [0.4, 0.5) is 5.95 Å². The molecule has 0 saturated heterocycles. The van der Waals surface area contributed by atoms with Gasteiger partial charge in [0.1, 0.15) is 5.03 Å². The number of hydrogen-bond acceptors (Lipinski definition) is 4. The number of H-pyrrole nitrogens is 1. The summed E-state index contributed by atoms with van der Waals surface area (Å²) in [6.07, 6.45) is 2.85. The summed E-state index contributed by atoms with van der Waals surface area (Å²) in [5.74, 6) is 0.688. The predicted octanol–water partition coefficient (Wildman–Crippen LogP) is 3.93. The Kier molecular flexibility index (Phi) is 3.87. The van der Waals surface area contributed by atoms with Crippen molar-refractivity contribution >= 4 is 28.6 Å². The molecule has 0 amide bonds. The second-order valence-electron chi connectivity index (χ2n) is 4.47. The number of rotatable bonds is 5. The van der Waals surface area contributed by atoms with Gasteiger partial charge in [0.15, 0.2) is 0 Å². The first-order valence-corrected chi connectivity index (χ1v) is 7.49. The molecule has 3 rings (SSSR count). The molecule has 0 aliphatic heterocycles. The second kappa shape index (κ2) is 5.96. The van der Waals surface area contributed by atoms with E-state index in [2.05, 4.69) is 45.4 Å². The SMILES string of the molecule is CCCNc1nccc(Sc2cc3ccccc3[nH]2)n1. The highest BCUT2D eigenvalue weighted by atomic mass is 32.2. The third-order valence-electron chi connectivity index (χ3n) is 2.88. The van der Waals surface area contributed by atoms with Crippen LogP contribution in [0, 0.1) is 0 Å². The highest BCUT2D eigenvalue weighted by Gasteiger charge is 2.04. The van der Waals surface area contributed by atoms with E-state index < -0.39 is 0 Å². The molecule has 5 heteroatoms. The monoisotopic (exact) mass is 284 g/mol. The van der Waals surface area contributed by atoms with E-state index in [1.165, 1.54) is 5.39 Å². The molecule has 102 valence electrons. The minimum atomic E-state index is 0.688. The lowest BCUT2D eigenvalue weighted by Gasteiger charge is -2.03. The Balaban J connectivity index is 1.79. The highest BCUT2D eigenvalue weighted by molar-refractivity contribution is 7.99. The molecule has 0 radical (unpaired) electrons. The average molecular weight is 284 g/mol. The maximum absolute atomic E-state index is 4.50. The summed E-state index contributed by atoms with van der Waals surface area (Å²) in [7, 11) is 0. The number of nitrogens with one attached hydrogen (secondary N) is 2. The molecule has 0 aliphatic carbocycles. The number of aromatic nitrogens is 3. The lowest BCUT2D eigenvalue weighted by Crippen LogP contribution is -2.04. The zero-order chi connectivity index (χ0) is 13.8. The summed E-state index contributed by atoms with van der Waals surface area (Å²) in [5.41, 5.74) is 1.15. The Morgan fingerprint density at radius 2 is 2.15 bits per heavy atom. The molecule has 0 fully saturated rings. The zero-order valence-electron chi connectivity index (χ0n) is 11.3. The van der Waals surface area contributed by atoms with Crippen molar-refractivity contribution in [3.05, 3.63) is 42.6 Å². The van der Waals surface area contributed by atoms with E-state index in [0.717, 1.165) is 28.5 Å². The molecule has 4 nitrogen and oxygen atoms in total. The summed E-state index contributed by atoms with van der Waals surface area (Å²) in [6, 6.07) is 12.3. The first kappa shape index (κ1) is 13.0. The van der Waals surface area contributed by atoms with Crippen molar-refractivity contribution < 1.29 is 0 Å². The standard InChI is InChI=1S/C15H16N4S/c1-2-8-16-15-17-9-7-13(19-15)20-14-10-11-5-3-4-6-12(11)18-14/h3-7,9-10,18H,2,8H2,1H3,(H,16,17,19). The number of nitrogens with zero attached hydrogens (tertiary/aromatic N) is 2. The molecule has 0 atom stereocenters. The van der Waals surface area contributed by atoms with Crippen LogP contribution in [0.3, 0.4) is 0 Å². The lowest BCUT2D eigenvalue weighted by atomic mass is 10.3. The van der Waals surface area contributed by atoms with E-state index in [1.54, 1.807) is 18.0 Å². The van der Waals surface area contributed by atoms with E-state index in [4.69, 9.17) is 0 Å². The molecule has 0 aliphatic rings. The van der Waals surface area contributed by atoms with E-state index in [9.17, 15) is 0 Å². The summed E-state index contributed by atoms with van der Waals surface area (Å²) < 4.78 is 0. The van der Waals surface area contributed by atoms with Gasteiger partial charge in [0, 0.05) is 23.6 Å². The zero-order valence-corrected chi connectivity index (χ0v) is 12.1. The van der Waals surface area contributed by atoms with Crippen LogP contribution < -0.4 is 5.32 Å². The van der Waals surface area contributed by atoms with Gasteiger partial charge in [0.2, 0.25) is 5.95 Å². The molecule has 0 unspecified atom stereocenters. The van der Waals surface area contributed by atoms with Gasteiger partial charge in [0.05, 0.1) is 5.03 Å². The third-order valence-corrected chi connectivity index (χ3v) is 3.76. The van der Waals surface area contributed by atoms with E-state index in [-0.39, 0.29) is 0 Å². The quantitative estimate of drug-likeness (QED) is 0.697. The van der Waals surface area contributed by atoms with Crippen LogP contribution in [-0.2, 0) is 0 Å². The molecule has 2 aromatic heterocycles. The van der Waals surface area contributed by atoms with Crippen LogP contribution in [0.15, 0.2) is 52.6 Å². The van der Waals surface area contributed by atoms with Gasteiger partial charge in [-0.25, -0.2) is 9.97 Å². The normalized spacial score (nSPS) is 10.8. The van der Waals surface area contributed by atoms with E-state index >= 15 is 0 Å². The first-order valence-electron chi connectivity index (χ1n) is 6.67. The highest BCUT2D eigenvalue weighted by Crippen LogP contribution is 2.28.